The molecule has 86 valence electrons. The average Bonchev–Trinajstić information content (AvgIpc) is 2.27. The SMILES string of the molecule is CCC(Cl)C(=O)N1CCC(C(N)=O)CC1. The summed E-state index contributed by atoms with van der Waals surface area (Å²) >= 11 is 5.87. The Bertz CT molecular complexity index is 250. The quantitative estimate of drug-likeness (QED) is 0.729. The third-order valence-corrected chi connectivity index (χ3v) is 3.33. The first-order chi connectivity index (χ1) is 7.06. The van der Waals surface area contributed by atoms with Crippen LogP contribution in [0.15, 0.2) is 0 Å². The van der Waals surface area contributed by atoms with Crippen LogP contribution >= 0.6 is 11.6 Å². The van der Waals surface area contributed by atoms with Crippen LogP contribution in [0.1, 0.15) is 26.2 Å². The highest BCUT2D eigenvalue weighted by Gasteiger charge is 2.28. The maximum Gasteiger partial charge on any atom is 0.240 e. The van der Waals surface area contributed by atoms with Gasteiger partial charge >= 0.3 is 0 Å². The molecule has 1 unspecified atom stereocenters. The molecule has 2 N–H and O–H groups in total. The molecule has 15 heavy (non-hydrogen) atoms. The van der Waals surface area contributed by atoms with E-state index in [1.54, 1.807) is 4.90 Å². The van der Waals surface area contributed by atoms with Gasteiger partial charge in [0.25, 0.3) is 0 Å². The number of piperidine rings is 1. The van der Waals surface area contributed by atoms with Crippen molar-refractivity contribution in [3.05, 3.63) is 0 Å². The number of carbonyl (C=O) groups is 2. The van der Waals surface area contributed by atoms with E-state index in [9.17, 15) is 9.59 Å². The molecule has 0 aromatic carbocycles. The normalized spacial score (nSPS) is 20.0. The lowest BCUT2D eigenvalue weighted by Crippen LogP contribution is -2.44. The molecule has 1 saturated heterocycles. The van der Waals surface area contributed by atoms with Gasteiger partial charge in [-0.05, 0) is 19.3 Å². The molecule has 0 aromatic rings. The molecule has 1 rings (SSSR count). The Kier molecular flexibility index (Phi) is 4.39. The first-order valence-electron chi connectivity index (χ1n) is 5.28. The Labute approximate surface area is 94.7 Å². The largest absolute Gasteiger partial charge is 0.369 e. The number of likely N-dealkylation sites (tertiary alicyclic amines) is 1. The summed E-state index contributed by atoms with van der Waals surface area (Å²) in [4.78, 5) is 24.3. The second kappa shape index (κ2) is 5.35. The van der Waals surface area contributed by atoms with Gasteiger partial charge in [-0.3, -0.25) is 9.59 Å². The van der Waals surface area contributed by atoms with Crippen LogP contribution in [0.25, 0.3) is 0 Å². The summed E-state index contributed by atoms with van der Waals surface area (Å²) in [6.45, 7) is 3.07. The van der Waals surface area contributed by atoms with Crippen LogP contribution in [-0.2, 0) is 9.59 Å². The first kappa shape index (κ1) is 12.3. The maximum absolute atomic E-state index is 11.7. The molecule has 0 spiro atoms. The summed E-state index contributed by atoms with van der Waals surface area (Å²) in [5.74, 6) is -0.369. The van der Waals surface area contributed by atoms with Gasteiger partial charge in [-0.25, -0.2) is 0 Å². The molecule has 0 aromatic heterocycles. The number of rotatable bonds is 3. The Hall–Kier alpha value is -0.770. The van der Waals surface area contributed by atoms with Crippen LogP contribution in [0.5, 0.6) is 0 Å². The molecule has 1 heterocycles. The highest BCUT2D eigenvalue weighted by Crippen LogP contribution is 2.18. The van der Waals surface area contributed by atoms with E-state index in [0.29, 0.717) is 32.4 Å². The lowest BCUT2D eigenvalue weighted by Gasteiger charge is -2.31. The Balaban J connectivity index is 2.43. The van der Waals surface area contributed by atoms with E-state index in [-0.39, 0.29) is 17.7 Å². The van der Waals surface area contributed by atoms with Crippen LogP contribution in [0.4, 0.5) is 0 Å². The van der Waals surface area contributed by atoms with Crippen molar-refractivity contribution in [2.75, 3.05) is 13.1 Å². The van der Waals surface area contributed by atoms with E-state index in [4.69, 9.17) is 17.3 Å². The number of carbonyl (C=O) groups excluding carboxylic acids is 2. The van der Waals surface area contributed by atoms with Crippen molar-refractivity contribution in [2.45, 2.75) is 31.6 Å². The zero-order valence-corrected chi connectivity index (χ0v) is 9.67. The summed E-state index contributed by atoms with van der Waals surface area (Å²) in [5.41, 5.74) is 5.21. The summed E-state index contributed by atoms with van der Waals surface area (Å²) in [6.07, 6.45) is 1.96. The predicted octanol–water partition coefficient (Wildman–Crippen LogP) is 0.728. The van der Waals surface area contributed by atoms with Crippen LogP contribution in [0.2, 0.25) is 0 Å². The lowest BCUT2D eigenvalue weighted by atomic mass is 9.96. The molecule has 1 aliphatic rings. The van der Waals surface area contributed by atoms with Gasteiger partial charge in [-0.15, -0.1) is 11.6 Å². The number of nitrogens with two attached hydrogens (primary N) is 1. The zero-order valence-electron chi connectivity index (χ0n) is 8.91. The molecule has 1 aliphatic heterocycles. The number of hydrogen-bond acceptors (Lipinski definition) is 2. The molecule has 1 atom stereocenters. The molecular weight excluding hydrogens is 216 g/mol. The standard InChI is InChI=1S/C10H17ClN2O2/c1-2-8(11)10(15)13-5-3-7(4-6-13)9(12)14/h7-8H,2-6H2,1H3,(H2,12,14). The van der Waals surface area contributed by atoms with Crippen molar-refractivity contribution in [1.82, 2.24) is 4.90 Å². The van der Waals surface area contributed by atoms with Gasteiger partial charge in [0.1, 0.15) is 5.38 Å². The maximum atomic E-state index is 11.7. The van der Waals surface area contributed by atoms with Crippen LogP contribution in [-0.4, -0.2) is 35.2 Å². The average molecular weight is 233 g/mol. The van der Waals surface area contributed by atoms with Crippen molar-refractivity contribution < 1.29 is 9.59 Å². The molecule has 2 amide bonds. The van der Waals surface area contributed by atoms with Crippen molar-refractivity contribution >= 4 is 23.4 Å². The molecule has 0 saturated carbocycles. The molecule has 0 aliphatic carbocycles. The number of amides is 2. The molecule has 5 heteroatoms. The fraction of sp³-hybridized carbons (Fsp3) is 0.800. The van der Waals surface area contributed by atoms with Gasteiger partial charge in [-0.2, -0.15) is 0 Å². The number of alkyl halides is 1. The monoisotopic (exact) mass is 232 g/mol. The second-order valence-corrected chi connectivity index (χ2v) is 4.40. The fourth-order valence-electron chi connectivity index (χ4n) is 1.76. The van der Waals surface area contributed by atoms with E-state index in [1.807, 2.05) is 6.92 Å². The van der Waals surface area contributed by atoms with Crippen molar-refractivity contribution in [3.8, 4) is 0 Å². The Morgan fingerprint density at radius 3 is 2.40 bits per heavy atom. The lowest BCUT2D eigenvalue weighted by molar-refractivity contribution is -0.134. The van der Waals surface area contributed by atoms with Gasteiger partial charge < -0.3 is 10.6 Å². The van der Waals surface area contributed by atoms with Crippen LogP contribution < -0.4 is 5.73 Å². The van der Waals surface area contributed by atoms with Crippen LogP contribution in [0.3, 0.4) is 0 Å². The van der Waals surface area contributed by atoms with Gasteiger partial charge in [0.15, 0.2) is 0 Å². The van der Waals surface area contributed by atoms with E-state index in [0.717, 1.165) is 0 Å². The van der Waals surface area contributed by atoms with E-state index in [1.165, 1.54) is 0 Å². The third-order valence-electron chi connectivity index (χ3n) is 2.84. The second-order valence-electron chi connectivity index (χ2n) is 3.88. The van der Waals surface area contributed by atoms with Crippen LogP contribution in [0, 0.1) is 5.92 Å². The van der Waals surface area contributed by atoms with E-state index in [2.05, 4.69) is 0 Å². The minimum absolute atomic E-state index is 0.0258. The first-order valence-corrected chi connectivity index (χ1v) is 5.72. The molecule has 4 nitrogen and oxygen atoms in total. The molecule has 1 fully saturated rings. The van der Waals surface area contributed by atoms with Gasteiger partial charge in [-0.1, -0.05) is 6.92 Å². The zero-order chi connectivity index (χ0) is 11.4. The van der Waals surface area contributed by atoms with E-state index >= 15 is 0 Å². The van der Waals surface area contributed by atoms with Gasteiger partial charge in [0, 0.05) is 19.0 Å². The van der Waals surface area contributed by atoms with Crippen molar-refractivity contribution in [1.29, 1.82) is 0 Å². The minimum Gasteiger partial charge on any atom is -0.369 e. The Morgan fingerprint density at radius 2 is 2.00 bits per heavy atom. The number of hydrogen-bond donors (Lipinski definition) is 1. The number of halogens is 1. The number of primary amides is 1. The number of nitrogens with zero attached hydrogens (tertiary/aromatic N) is 1. The Morgan fingerprint density at radius 1 is 1.47 bits per heavy atom. The van der Waals surface area contributed by atoms with Gasteiger partial charge in [0.05, 0.1) is 0 Å². The third kappa shape index (κ3) is 3.09. The smallest absolute Gasteiger partial charge is 0.240 e. The fourth-order valence-corrected chi connectivity index (χ4v) is 1.90. The summed E-state index contributed by atoms with van der Waals surface area (Å²) < 4.78 is 0. The predicted molar refractivity (Wildman–Crippen MR) is 58.4 cm³/mol. The topological polar surface area (TPSA) is 63.4 Å². The molecule has 0 radical (unpaired) electrons. The summed E-state index contributed by atoms with van der Waals surface area (Å²) in [7, 11) is 0. The summed E-state index contributed by atoms with van der Waals surface area (Å²) in [6, 6.07) is 0. The highest BCUT2D eigenvalue weighted by atomic mass is 35.5. The van der Waals surface area contributed by atoms with Crippen molar-refractivity contribution in [3.63, 3.8) is 0 Å². The van der Waals surface area contributed by atoms with Crippen molar-refractivity contribution in [2.24, 2.45) is 11.7 Å². The molecular formula is C10H17ClN2O2. The summed E-state index contributed by atoms with van der Waals surface area (Å²) in [5, 5.41) is -0.435. The van der Waals surface area contributed by atoms with E-state index < -0.39 is 5.38 Å². The van der Waals surface area contributed by atoms with Gasteiger partial charge in [0.2, 0.25) is 11.8 Å². The highest BCUT2D eigenvalue weighted by molar-refractivity contribution is 6.30. The molecule has 0 bridgehead atoms. The minimum atomic E-state index is -0.435.